The van der Waals surface area contributed by atoms with Crippen LogP contribution in [0.1, 0.15) is 96.6 Å². The van der Waals surface area contributed by atoms with Gasteiger partial charge in [0, 0.05) is 11.8 Å². The number of hydrogen-bond acceptors (Lipinski definition) is 1. The van der Waals surface area contributed by atoms with Crippen LogP contribution in [0.3, 0.4) is 0 Å². The molecule has 2 fully saturated rings. The van der Waals surface area contributed by atoms with Crippen LogP contribution in [0.4, 0.5) is 4.39 Å². The van der Waals surface area contributed by atoms with Crippen molar-refractivity contribution < 1.29 is 8.82 Å². The molecule has 0 aromatic heterocycles. The number of halogens is 3. The lowest BCUT2D eigenvalue weighted by Gasteiger charge is -2.55. The molecule has 0 aliphatic heterocycles. The van der Waals surface area contributed by atoms with Gasteiger partial charge in [0.1, 0.15) is 11.9 Å². The highest BCUT2D eigenvalue weighted by molar-refractivity contribution is 6.74. The Bertz CT molecular complexity index is 912. The summed E-state index contributed by atoms with van der Waals surface area (Å²) in [5.41, 5.74) is 2.47. The van der Waals surface area contributed by atoms with Crippen LogP contribution in [0.5, 0.6) is 5.75 Å². The second-order valence-electron chi connectivity index (χ2n) is 13.7. The number of unbranched alkanes of at least 4 members (excludes halogenated alkanes) is 2. The van der Waals surface area contributed by atoms with Gasteiger partial charge in [0.15, 0.2) is 0 Å². The highest BCUT2D eigenvalue weighted by Gasteiger charge is 2.59. The summed E-state index contributed by atoms with van der Waals surface area (Å²) in [5.74, 6) is 3.62. The van der Waals surface area contributed by atoms with E-state index in [9.17, 15) is 0 Å². The lowest BCUT2D eigenvalue weighted by molar-refractivity contribution is -0.0420. The summed E-state index contributed by atoms with van der Waals surface area (Å²) < 4.78 is 22.9. The van der Waals surface area contributed by atoms with Crippen molar-refractivity contribution in [3.63, 3.8) is 0 Å². The monoisotopic (exact) mass is 540 g/mol. The van der Waals surface area contributed by atoms with E-state index < -0.39 is 14.5 Å². The van der Waals surface area contributed by atoms with Gasteiger partial charge < -0.3 is 4.43 Å². The Morgan fingerprint density at radius 3 is 2.51 bits per heavy atom. The first-order valence-electron chi connectivity index (χ1n) is 14.0. The van der Waals surface area contributed by atoms with E-state index in [1.807, 2.05) is 0 Å². The molecule has 2 saturated carbocycles. The summed E-state index contributed by atoms with van der Waals surface area (Å²) in [4.78, 5) is 0. The van der Waals surface area contributed by atoms with Crippen LogP contribution < -0.4 is 4.43 Å². The van der Waals surface area contributed by atoms with Crippen molar-refractivity contribution in [3.8, 4) is 5.75 Å². The number of fused-ring (bicyclic) bond motifs is 5. The molecule has 0 bridgehead atoms. The second kappa shape index (κ2) is 10.1. The predicted octanol–water partition coefficient (Wildman–Crippen LogP) is 10.2. The van der Waals surface area contributed by atoms with Crippen molar-refractivity contribution in [3.05, 3.63) is 28.3 Å². The van der Waals surface area contributed by atoms with E-state index in [1.54, 1.807) is 0 Å². The van der Waals surface area contributed by atoms with Gasteiger partial charge in [0.2, 0.25) is 0 Å². The van der Waals surface area contributed by atoms with Gasteiger partial charge in [0.25, 0.3) is 8.32 Å². The number of alkyl halides is 2. The molecule has 0 amide bonds. The topological polar surface area (TPSA) is 9.23 Å². The minimum Gasteiger partial charge on any atom is -0.542 e. The van der Waals surface area contributed by atoms with E-state index >= 15 is 4.39 Å². The van der Waals surface area contributed by atoms with E-state index in [4.69, 9.17) is 27.6 Å². The van der Waals surface area contributed by atoms with Crippen LogP contribution in [0.15, 0.2) is 12.1 Å². The van der Waals surface area contributed by atoms with Gasteiger partial charge in [-0.25, -0.2) is 4.39 Å². The predicted molar refractivity (Wildman–Crippen MR) is 151 cm³/mol. The lowest BCUT2D eigenvalue weighted by atomic mass is 9.50. The molecular formula is C30H47Cl2FOSi. The maximum Gasteiger partial charge on any atom is 0.250 e. The van der Waals surface area contributed by atoms with E-state index in [0.29, 0.717) is 30.1 Å². The van der Waals surface area contributed by atoms with Gasteiger partial charge >= 0.3 is 0 Å². The largest absolute Gasteiger partial charge is 0.542 e. The first-order valence-corrected chi connectivity index (χ1v) is 17.8. The van der Waals surface area contributed by atoms with E-state index in [0.717, 1.165) is 42.3 Å². The molecule has 0 heterocycles. The van der Waals surface area contributed by atoms with Gasteiger partial charge in [-0.05, 0) is 103 Å². The Morgan fingerprint density at radius 1 is 1.14 bits per heavy atom. The molecular weight excluding hydrogens is 494 g/mol. The average molecular weight is 542 g/mol. The number of hydrogen-bond donors (Lipinski definition) is 0. The molecule has 4 rings (SSSR count). The molecule has 198 valence electrons. The van der Waals surface area contributed by atoms with Crippen LogP contribution in [0, 0.1) is 29.1 Å². The molecule has 0 spiro atoms. The maximum atomic E-state index is 16.2. The van der Waals surface area contributed by atoms with Crippen molar-refractivity contribution in [2.75, 3.05) is 5.88 Å². The summed E-state index contributed by atoms with van der Waals surface area (Å²) in [5, 5.41) is 0.844. The molecule has 0 saturated heterocycles. The van der Waals surface area contributed by atoms with Gasteiger partial charge in [-0.2, -0.15) is 0 Å². The maximum absolute atomic E-state index is 16.2. The normalized spacial score (nSPS) is 34.8. The van der Waals surface area contributed by atoms with Crippen molar-refractivity contribution in [2.24, 2.45) is 29.1 Å². The average Bonchev–Trinajstić information content (AvgIpc) is 3.06. The molecule has 1 aromatic carbocycles. The van der Waals surface area contributed by atoms with Crippen LogP contribution in [0.25, 0.3) is 0 Å². The highest BCUT2D eigenvalue weighted by atomic mass is 35.5. The van der Waals surface area contributed by atoms with Gasteiger partial charge in [-0.1, -0.05) is 65.1 Å². The first-order chi connectivity index (χ1) is 16.3. The molecule has 1 nitrogen and oxygen atoms in total. The van der Waals surface area contributed by atoms with Gasteiger partial charge in [0.05, 0.1) is 5.02 Å². The van der Waals surface area contributed by atoms with Gasteiger partial charge in [-0.3, -0.25) is 0 Å². The summed E-state index contributed by atoms with van der Waals surface area (Å²) in [6.07, 6.45) is 7.88. The van der Waals surface area contributed by atoms with E-state index in [2.05, 4.69) is 59.8 Å². The van der Waals surface area contributed by atoms with Crippen molar-refractivity contribution in [1.29, 1.82) is 0 Å². The molecule has 5 heteroatoms. The molecule has 0 radical (unpaired) electrons. The van der Waals surface area contributed by atoms with Crippen LogP contribution >= 0.6 is 23.2 Å². The molecule has 3 aliphatic carbocycles. The number of benzene rings is 1. The Balaban J connectivity index is 1.72. The Labute approximate surface area is 225 Å². The fourth-order valence-electron chi connectivity index (χ4n) is 7.51. The van der Waals surface area contributed by atoms with E-state index in [1.165, 1.54) is 30.4 Å². The summed E-state index contributed by atoms with van der Waals surface area (Å²) >= 11 is 13.1. The first kappa shape index (κ1) is 27.8. The summed E-state index contributed by atoms with van der Waals surface area (Å²) in [6, 6.07) is 4.23. The standard InChI is InChI=1S/C30H47Cl2FOSi/c1-19-12-14-23-26-20(11-9-8-10-16-31)17-22-21(27(26)24(33)18-30(19,23)5)13-15-25(28(22)32)34-35(6,7)29(2,3)4/h13,15,19-20,23-24,26-27H,8-12,14,16-18H2,1-7H3/t19-,20+,23-,24-,26-,27-,30+/m0/s1. The van der Waals surface area contributed by atoms with Crippen molar-refractivity contribution in [2.45, 2.75) is 116 Å². The van der Waals surface area contributed by atoms with Crippen molar-refractivity contribution >= 4 is 31.5 Å². The zero-order valence-electron chi connectivity index (χ0n) is 23.0. The zero-order chi connectivity index (χ0) is 25.8. The van der Waals surface area contributed by atoms with Crippen LogP contribution in [-0.2, 0) is 6.42 Å². The third-order valence-electron chi connectivity index (χ3n) is 10.8. The molecule has 7 atom stereocenters. The zero-order valence-corrected chi connectivity index (χ0v) is 25.5. The molecule has 1 aromatic rings. The molecule has 0 unspecified atom stereocenters. The Morgan fingerprint density at radius 2 is 1.86 bits per heavy atom. The fraction of sp³-hybridized carbons (Fsp3) is 0.800. The SMILES string of the molecule is C[C@H]1CC[C@H]2[C@@H]3[C@H](CCCCCCl)Cc4c(ccc(O[Si](C)(C)C(C)(C)C)c4Cl)[C@H]3[C@@H](F)C[C@]12C. The van der Waals surface area contributed by atoms with Gasteiger partial charge in [-0.15, -0.1) is 11.6 Å². The van der Waals surface area contributed by atoms with Crippen molar-refractivity contribution in [1.82, 2.24) is 0 Å². The minimum atomic E-state index is -2.02. The Hall–Kier alpha value is -0.253. The number of rotatable bonds is 7. The lowest BCUT2D eigenvalue weighted by Crippen LogP contribution is -2.50. The third-order valence-corrected chi connectivity index (χ3v) is 15.8. The third kappa shape index (κ3) is 4.97. The smallest absolute Gasteiger partial charge is 0.250 e. The quantitative estimate of drug-likeness (QED) is 0.190. The van der Waals surface area contributed by atoms with E-state index in [-0.39, 0.29) is 16.4 Å². The second-order valence-corrected chi connectivity index (χ2v) is 19.2. The highest BCUT2D eigenvalue weighted by Crippen LogP contribution is 2.65. The van der Waals surface area contributed by atoms with Crippen LogP contribution in [0.2, 0.25) is 23.2 Å². The fourth-order valence-corrected chi connectivity index (χ4v) is 9.08. The molecule has 35 heavy (non-hydrogen) atoms. The summed E-state index contributed by atoms with van der Waals surface area (Å²) in [6.45, 7) is 16.0. The summed E-state index contributed by atoms with van der Waals surface area (Å²) in [7, 11) is -2.02. The molecule has 3 aliphatic rings. The molecule has 0 N–H and O–H groups in total. The Kier molecular flexibility index (Phi) is 8.04. The minimum absolute atomic E-state index is 0.0282. The van der Waals surface area contributed by atoms with Crippen LogP contribution in [-0.4, -0.2) is 20.4 Å².